The summed E-state index contributed by atoms with van der Waals surface area (Å²) in [5.74, 6) is 0.577. The van der Waals surface area contributed by atoms with E-state index in [0.717, 1.165) is 37.9 Å². The number of nitrogens with one attached hydrogen (secondary N) is 1. The minimum atomic E-state index is -0.371. The molecule has 1 fully saturated rings. The van der Waals surface area contributed by atoms with Crippen molar-refractivity contribution in [3.8, 4) is 0 Å². The molecule has 2 rings (SSSR count). The number of piperidine rings is 1. The zero-order chi connectivity index (χ0) is 11.6. The summed E-state index contributed by atoms with van der Waals surface area (Å²) in [4.78, 5) is 12.0. The molecule has 0 aromatic rings. The van der Waals surface area contributed by atoms with Crippen molar-refractivity contribution in [2.24, 2.45) is 11.7 Å². The minimum absolute atomic E-state index is 0.154. The molecule has 0 radical (unpaired) electrons. The first-order chi connectivity index (χ1) is 7.58. The molecule has 0 saturated carbocycles. The smallest absolute Gasteiger partial charge is 0.181 e. The predicted octanol–water partition coefficient (Wildman–Crippen LogP) is 1.16. The number of rotatable bonds is 1. The monoisotopic (exact) mass is 220 g/mol. The molecule has 88 valence electrons. The summed E-state index contributed by atoms with van der Waals surface area (Å²) >= 11 is 0. The zero-order valence-electron chi connectivity index (χ0n) is 9.83. The van der Waals surface area contributed by atoms with Gasteiger partial charge in [-0.15, -0.1) is 0 Å². The van der Waals surface area contributed by atoms with E-state index in [4.69, 9.17) is 5.73 Å². The van der Waals surface area contributed by atoms with Crippen LogP contribution >= 0.6 is 0 Å². The van der Waals surface area contributed by atoms with E-state index in [9.17, 15) is 4.79 Å². The first-order valence-electron chi connectivity index (χ1n) is 6.02. The molecular weight excluding hydrogens is 200 g/mol. The second-order valence-electron chi connectivity index (χ2n) is 5.09. The molecule has 1 atom stereocenters. The van der Waals surface area contributed by atoms with E-state index in [1.807, 2.05) is 13.0 Å². The van der Waals surface area contributed by atoms with Crippen LogP contribution in [-0.2, 0) is 4.79 Å². The largest absolute Gasteiger partial charge is 0.322 e. The highest BCUT2D eigenvalue weighted by atomic mass is 16.1. The number of ketones is 1. The summed E-state index contributed by atoms with van der Waals surface area (Å²) in [6, 6.07) is 0. The van der Waals surface area contributed by atoms with Crippen LogP contribution in [0.3, 0.4) is 0 Å². The first-order valence-corrected chi connectivity index (χ1v) is 6.02. The van der Waals surface area contributed by atoms with Crippen molar-refractivity contribution >= 4 is 5.78 Å². The van der Waals surface area contributed by atoms with Crippen LogP contribution in [-0.4, -0.2) is 24.4 Å². The van der Waals surface area contributed by atoms with Gasteiger partial charge < -0.3 is 11.1 Å². The van der Waals surface area contributed by atoms with Gasteiger partial charge in [0.1, 0.15) is 0 Å². The molecule has 0 amide bonds. The lowest BCUT2D eigenvalue weighted by Crippen LogP contribution is -2.32. The lowest BCUT2D eigenvalue weighted by Gasteiger charge is -2.24. The van der Waals surface area contributed by atoms with Crippen LogP contribution in [0.5, 0.6) is 0 Å². The van der Waals surface area contributed by atoms with E-state index in [1.165, 1.54) is 0 Å². The van der Waals surface area contributed by atoms with Crippen molar-refractivity contribution in [2.45, 2.75) is 31.7 Å². The summed E-state index contributed by atoms with van der Waals surface area (Å²) < 4.78 is 0. The average Bonchev–Trinajstić information content (AvgIpc) is 2.40. The Labute approximate surface area is 96.8 Å². The highest BCUT2D eigenvalue weighted by molar-refractivity contribution is 6.04. The van der Waals surface area contributed by atoms with Crippen LogP contribution in [0.2, 0.25) is 0 Å². The Balaban J connectivity index is 2.16. The van der Waals surface area contributed by atoms with Gasteiger partial charge in [-0.05, 0) is 56.8 Å². The number of hydrogen-bond donors (Lipinski definition) is 2. The molecule has 0 spiro atoms. The van der Waals surface area contributed by atoms with Gasteiger partial charge in [-0.3, -0.25) is 4.79 Å². The van der Waals surface area contributed by atoms with Gasteiger partial charge in [0.05, 0.1) is 0 Å². The van der Waals surface area contributed by atoms with Crippen LogP contribution in [0, 0.1) is 5.92 Å². The van der Waals surface area contributed by atoms with Gasteiger partial charge in [0.2, 0.25) is 0 Å². The molecule has 3 heteroatoms. The van der Waals surface area contributed by atoms with Gasteiger partial charge in [0, 0.05) is 5.54 Å². The van der Waals surface area contributed by atoms with Crippen LogP contribution in [0.4, 0.5) is 0 Å². The van der Waals surface area contributed by atoms with Crippen molar-refractivity contribution in [2.75, 3.05) is 13.1 Å². The summed E-state index contributed by atoms with van der Waals surface area (Å²) in [6.45, 7) is 3.98. The predicted molar refractivity (Wildman–Crippen MR) is 65.0 cm³/mol. The molecular formula is C13H20N2O. The first kappa shape index (κ1) is 11.6. The molecule has 0 aromatic heterocycles. The van der Waals surface area contributed by atoms with Gasteiger partial charge in [-0.1, -0.05) is 12.2 Å². The molecule has 1 unspecified atom stereocenters. The number of allylic oxidation sites excluding steroid dienone is 2. The van der Waals surface area contributed by atoms with Gasteiger partial charge in [0.15, 0.2) is 5.78 Å². The second-order valence-corrected chi connectivity index (χ2v) is 5.09. The van der Waals surface area contributed by atoms with Crippen LogP contribution in [0.15, 0.2) is 23.8 Å². The Morgan fingerprint density at radius 3 is 2.81 bits per heavy atom. The molecule has 0 aromatic carbocycles. The van der Waals surface area contributed by atoms with Gasteiger partial charge in [-0.2, -0.15) is 0 Å². The highest BCUT2D eigenvalue weighted by Gasteiger charge is 2.25. The summed E-state index contributed by atoms with van der Waals surface area (Å²) in [5.41, 5.74) is 6.64. The number of hydrogen-bond acceptors (Lipinski definition) is 3. The summed E-state index contributed by atoms with van der Waals surface area (Å²) in [5, 5.41) is 3.32. The zero-order valence-corrected chi connectivity index (χ0v) is 9.83. The molecule has 2 aliphatic rings. The van der Waals surface area contributed by atoms with E-state index in [1.54, 1.807) is 6.08 Å². The molecule has 1 heterocycles. The summed E-state index contributed by atoms with van der Waals surface area (Å²) in [7, 11) is 0. The number of nitrogens with two attached hydrogens (primary N) is 1. The maximum atomic E-state index is 12.0. The minimum Gasteiger partial charge on any atom is -0.322 e. The van der Waals surface area contributed by atoms with Gasteiger partial charge in [-0.25, -0.2) is 0 Å². The molecule has 1 saturated heterocycles. The number of carbonyl (C=O) groups is 1. The Kier molecular flexibility index (Phi) is 3.26. The van der Waals surface area contributed by atoms with Crippen molar-refractivity contribution in [1.82, 2.24) is 5.32 Å². The Morgan fingerprint density at radius 1 is 1.44 bits per heavy atom. The Morgan fingerprint density at radius 2 is 2.12 bits per heavy atom. The van der Waals surface area contributed by atoms with Crippen molar-refractivity contribution < 1.29 is 4.79 Å². The van der Waals surface area contributed by atoms with Crippen molar-refractivity contribution in [1.29, 1.82) is 0 Å². The second kappa shape index (κ2) is 4.52. The maximum Gasteiger partial charge on any atom is 0.181 e. The summed E-state index contributed by atoms with van der Waals surface area (Å²) in [6.07, 6.45) is 8.42. The molecule has 3 nitrogen and oxygen atoms in total. The highest BCUT2D eigenvalue weighted by Crippen LogP contribution is 2.26. The van der Waals surface area contributed by atoms with E-state index < -0.39 is 0 Å². The molecule has 3 N–H and O–H groups in total. The molecule has 1 aliphatic heterocycles. The van der Waals surface area contributed by atoms with Gasteiger partial charge >= 0.3 is 0 Å². The van der Waals surface area contributed by atoms with Crippen molar-refractivity contribution in [3.63, 3.8) is 0 Å². The third-order valence-corrected chi connectivity index (χ3v) is 3.44. The standard InChI is InChI=1S/C13H20N2O/c1-13(14)6-2-11(12(16)3-7-13)10-4-8-15-9-5-10/h2-3,7,10,15H,4-6,8-9,14H2,1H3. The van der Waals surface area contributed by atoms with Crippen LogP contribution in [0.25, 0.3) is 0 Å². The Hall–Kier alpha value is -0.930. The van der Waals surface area contributed by atoms with E-state index in [0.29, 0.717) is 5.92 Å². The SMILES string of the molecule is CC1(N)C=CC(=O)C(C2CCNCC2)=CC1. The fraction of sp³-hybridized carbons (Fsp3) is 0.615. The fourth-order valence-electron chi connectivity index (χ4n) is 2.36. The molecule has 16 heavy (non-hydrogen) atoms. The third-order valence-electron chi connectivity index (χ3n) is 3.44. The average molecular weight is 220 g/mol. The molecule has 1 aliphatic carbocycles. The van der Waals surface area contributed by atoms with Crippen molar-refractivity contribution in [3.05, 3.63) is 23.8 Å². The van der Waals surface area contributed by atoms with Crippen LogP contribution < -0.4 is 11.1 Å². The van der Waals surface area contributed by atoms with E-state index >= 15 is 0 Å². The van der Waals surface area contributed by atoms with E-state index in [-0.39, 0.29) is 11.3 Å². The lowest BCUT2D eigenvalue weighted by atomic mass is 9.87. The van der Waals surface area contributed by atoms with Gasteiger partial charge in [0.25, 0.3) is 0 Å². The topological polar surface area (TPSA) is 55.1 Å². The lowest BCUT2D eigenvalue weighted by molar-refractivity contribution is -0.111. The Bertz CT molecular complexity index is 336. The van der Waals surface area contributed by atoms with Crippen LogP contribution in [0.1, 0.15) is 26.2 Å². The molecule has 0 bridgehead atoms. The fourth-order valence-corrected chi connectivity index (χ4v) is 2.36. The normalized spacial score (nSPS) is 32.4. The number of carbonyl (C=O) groups excluding carboxylic acids is 1. The maximum absolute atomic E-state index is 12.0. The van der Waals surface area contributed by atoms with E-state index in [2.05, 4.69) is 11.4 Å². The quantitative estimate of drug-likeness (QED) is 0.697. The third kappa shape index (κ3) is 2.60.